The normalized spacial score (nSPS) is 8.78. The van der Waals surface area contributed by atoms with E-state index in [9.17, 15) is 4.79 Å². The van der Waals surface area contributed by atoms with Gasteiger partial charge in [0, 0.05) is 17.1 Å². The Bertz CT molecular complexity index is 89.1. The molecular weight excluding hydrogens is 254 g/mol. The smallest absolute Gasteiger partial charge is 0.356 e. The SMILES string of the molecule is Cl.O=C(O)C(Cl)(Cl)Cl.[Fe]. The van der Waals surface area contributed by atoms with E-state index < -0.39 is 9.76 Å². The Labute approximate surface area is 83.7 Å². The molecule has 0 aromatic heterocycles. The van der Waals surface area contributed by atoms with Gasteiger partial charge in [-0.2, -0.15) is 0 Å². The molecule has 7 heteroatoms. The number of carbonyl (C=O) groups is 1. The van der Waals surface area contributed by atoms with Crippen molar-refractivity contribution in [2.75, 3.05) is 0 Å². The van der Waals surface area contributed by atoms with Crippen LogP contribution in [0.1, 0.15) is 0 Å². The molecule has 0 aromatic carbocycles. The largest absolute Gasteiger partial charge is 0.478 e. The van der Waals surface area contributed by atoms with Crippen LogP contribution in [-0.4, -0.2) is 14.9 Å². The molecule has 0 aromatic rings. The average molecular weight is 256 g/mol. The third-order valence-corrected chi connectivity index (χ3v) is 0.728. The van der Waals surface area contributed by atoms with E-state index in [0.29, 0.717) is 0 Å². The molecule has 0 fully saturated rings. The first-order valence-electron chi connectivity index (χ1n) is 1.24. The summed E-state index contributed by atoms with van der Waals surface area (Å²) in [7, 11) is 0. The van der Waals surface area contributed by atoms with Crippen LogP contribution in [0.5, 0.6) is 0 Å². The Morgan fingerprint density at radius 2 is 1.44 bits per heavy atom. The molecule has 0 heterocycles. The molecule has 1 N–H and O–H groups in total. The van der Waals surface area contributed by atoms with Crippen LogP contribution in [0.15, 0.2) is 0 Å². The second-order valence-electron chi connectivity index (χ2n) is 0.803. The van der Waals surface area contributed by atoms with E-state index in [1.54, 1.807) is 0 Å². The van der Waals surface area contributed by atoms with Gasteiger partial charge in [-0.05, 0) is 0 Å². The van der Waals surface area contributed by atoms with E-state index in [1.165, 1.54) is 0 Å². The van der Waals surface area contributed by atoms with E-state index in [1.807, 2.05) is 0 Å². The molecule has 9 heavy (non-hydrogen) atoms. The summed E-state index contributed by atoms with van der Waals surface area (Å²) in [6, 6.07) is 0. The van der Waals surface area contributed by atoms with Crippen molar-refractivity contribution in [2.24, 2.45) is 0 Å². The van der Waals surface area contributed by atoms with Crippen molar-refractivity contribution in [2.45, 2.75) is 3.79 Å². The van der Waals surface area contributed by atoms with Crippen molar-refractivity contribution in [1.82, 2.24) is 0 Å². The Morgan fingerprint density at radius 1 is 1.33 bits per heavy atom. The van der Waals surface area contributed by atoms with Gasteiger partial charge in [0.15, 0.2) is 0 Å². The van der Waals surface area contributed by atoms with Crippen LogP contribution in [-0.2, 0) is 21.9 Å². The molecule has 0 aliphatic carbocycles. The summed E-state index contributed by atoms with van der Waals surface area (Å²) in [4.78, 5) is 9.62. The van der Waals surface area contributed by atoms with Gasteiger partial charge in [0.2, 0.25) is 0 Å². The number of hydrogen-bond donors (Lipinski definition) is 1. The summed E-state index contributed by atoms with van der Waals surface area (Å²) in [6.45, 7) is 0. The molecule has 0 saturated heterocycles. The van der Waals surface area contributed by atoms with Crippen LogP contribution in [0.2, 0.25) is 0 Å². The predicted molar refractivity (Wildman–Crippen MR) is 35.2 cm³/mol. The Kier molecular flexibility index (Phi) is 10.9. The van der Waals surface area contributed by atoms with Gasteiger partial charge in [0.05, 0.1) is 0 Å². The third kappa shape index (κ3) is 9.15. The fourth-order valence-corrected chi connectivity index (χ4v) is 0. The molecular formula is C2H2Cl4FeO2. The molecule has 0 aliphatic heterocycles. The topological polar surface area (TPSA) is 37.3 Å². The van der Waals surface area contributed by atoms with Crippen molar-refractivity contribution < 1.29 is 27.0 Å². The third-order valence-electron chi connectivity index (χ3n) is 0.243. The molecule has 0 rings (SSSR count). The van der Waals surface area contributed by atoms with Gasteiger partial charge in [-0.15, -0.1) is 12.4 Å². The maximum atomic E-state index is 9.62. The summed E-state index contributed by atoms with van der Waals surface area (Å²) in [6.07, 6.45) is 0. The molecule has 0 atom stereocenters. The fraction of sp³-hybridized carbons (Fsp3) is 0.500. The summed E-state index contributed by atoms with van der Waals surface area (Å²) in [5.74, 6) is -1.46. The number of halogens is 4. The number of rotatable bonds is 0. The van der Waals surface area contributed by atoms with Gasteiger partial charge in [-0.1, -0.05) is 34.8 Å². The molecule has 0 bridgehead atoms. The monoisotopic (exact) mass is 254 g/mol. The van der Waals surface area contributed by atoms with Gasteiger partial charge in [-0.3, -0.25) is 0 Å². The van der Waals surface area contributed by atoms with E-state index in [4.69, 9.17) is 39.9 Å². The van der Waals surface area contributed by atoms with Crippen molar-refractivity contribution >= 4 is 53.2 Å². The second-order valence-corrected chi connectivity index (χ2v) is 3.08. The van der Waals surface area contributed by atoms with Crippen LogP contribution in [0.25, 0.3) is 0 Å². The van der Waals surface area contributed by atoms with Crippen LogP contribution >= 0.6 is 47.2 Å². The minimum Gasteiger partial charge on any atom is -0.478 e. The first kappa shape index (κ1) is 16.6. The standard InChI is InChI=1S/C2HCl3O2.ClH.Fe/c3-2(4,5)1(6)7;;/h(H,6,7);1H;. The predicted octanol–water partition coefficient (Wildman–Crippen LogP) is 1.86. The van der Waals surface area contributed by atoms with E-state index >= 15 is 0 Å². The van der Waals surface area contributed by atoms with Crippen LogP contribution < -0.4 is 0 Å². The van der Waals surface area contributed by atoms with Crippen LogP contribution in [0.4, 0.5) is 0 Å². The second kappa shape index (κ2) is 5.90. The molecule has 0 unspecified atom stereocenters. The zero-order chi connectivity index (χ0) is 6.08. The van der Waals surface area contributed by atoms with Crippen LogP contribution in [0, 0.1) is 0 Å². The van der Waals surface area contributed by atoms with Gasteiger partial charge in [0.25, 0.3) is 3.79 Å². The molecule has 58 valence electrons. The van der Waals surface area contributed by atoms with Crippen molar-refractivity contribution in [3.05, 3.63) is 0 Å². The minimum atomic E-state index is -2.17. The van der Waals surface area contributed by atoms with Gasteiger partial charge in [-0.25, -0.2) is 4.79 Å². The number of hydrogen-bond acceptors (Lipinski definition) is 1. The molecule has 0 amide bonds. The summed E-state index contributed by atoms with van der Waals surface area (Å²) >= 11 is 14.4. The first-order valence-corrected chi connectivity index (χ1v) is 2.38. The zero-order valence-corrected chi connectivity index (χ0v) is 7.94. The average Bonchev–Trinajstić information content (AvgIpc) is 1.31. The quantitative estimate of drug-likeness (QED) is 0.530. The van der Waals surface area contributed by atoms with Crippen molar-refractivity contribution in [1.29, 1.82) is 0 Å². The number of alkyl halides is 3. The van der Waals surface area contributed by atoms with Crippen LogP contribution in [0.3, 0.4) is 0 Å². The Morgan fingerprint density at radius 3 is 1.44 bits per heavy atom. The maximum absolute atomic E-state index is 9.62. The fourth-order valence-electron chi connectivity index (χ4n) is 0. The number of aliphatic carboxylic acids is 1. The van der Waals surface area contributed by atoms with E-state index in [2.05, 4.69) is 0 Å². The van der Waals surface area contributed by atoms with E-state index in [0.717, 1.165) is 0 Å². The number of carboxylic acid groups (broad SMARTS) is 1. The first-order chi connectivity index (χ1) is 2.94. The Balaban J connectivity index is -0.000000180. The summed E-state index contributed by atoms with van der Waals surface area (Å²) in [5.41, 5.74) is 0. The van der Waals surface area contributed by atoms with E-state index in [-0.39, 0.29) is 29.5 Å². The van der Waals surface area contributed by atoms with Gasteiger partial charge in [0.1, 0.15) is 0 Å². The Hall–Kier alpha value is 1.15. The molecule has 0 radical (unpaired) electrons. The van der Waals surface area contributed by atoms with Crippen molar-refractivity contribution in [3.63, 3.8) is 0 Å². The molecule has 0 aliphatic rings. The maximum Gasteiger partial charge on any atom is 0.356 e. The molecule has 0 saturated carbocycles. The molecule has 2 nitrogen and oxygen atoms in total. The van der Waals surface area contributed by atoms with Gasteiger partial charge < -0.3 is 5.11 Å². The van der Waals surface area contributed by atoms with Crippen molar-refractivity contribution in [3.8, 4) is 0 Å². The minimum absolute atomic E-state index is 0. The molecule has 0 spiro atoms. The zero-order valence-electron chi connectivity index (χ0n) is 3.75. The van der Waals surface area contributed by atoms with Gasteiger partial charge >= 0.3 is 5.97 Å². The summed E-state index contributed by atoms with van der Waals surface area (Å²) < 4.78 is -2.17. The summed E-state index contributed by atoms with van der Waals surface area (Å²) in [5, 5.41) is 7.85. The number of carboxylic acids is 1.